The summed E-state index contributed by atoms with van der Waals surface area (Å²) in [7, 11) is 0. The zero-order valence-corrected chi connectivity index (χ0v) is 14.9. The molecule has 3 heterocycles. The first-order chi connectivity index (χ1) is 11.8. The molecule has 1 atom stereocenters. The van der Waals surface area contributed by atoms with Crippen molar-refractivity contribution in [3.05, 3.63) is 36.0 Å². The first kappa shape index (κ1) is 16.0. The Bertz CT molecular complexity index is 674. The quantitative estimate of drug-likeness (QED) is 0.930. The van der Waals surface area contributed by atoms with Crippen LogP contribution in [0, 0.1) is 0 Å². The fourth-order valence-corrected chi connectivity index (χ4v) is 4.91. The summed E-state index contributed by atoms with van der Waals surface area (Å²) in [5, 5.41) is 1.11. The molecule has 4 nitrogen and oxygen atoms in total. The van der Waals surface area contributed by atoms with Crippen molar-refractivity contribution in [1.29, 1.82) is 0 Å². The number of carbonyl (C=O) groups is 1. The Kier molecular flexibility index (Phi) is 4.81. The highest BCUT2D eigenvalue weighted by molar-refractivity contribution is 7.99. The van der Waals surface area contributed by atoms with Gasteiger partial charge in [-0.2, -0.15) is 11.8 Å². The van der Waals surface area contributed by atoms with Crippen molar-refractivity contribution in [2.75, 3.05) is 37.7 Å². The smallest absolute Gasteiger partial charge is 0.270 e. The lowest BCUT2D eigenvalue weighted by Gasteiger charge is -2.32. The van der Waals surface area contributed by atoms with Crippen molar-refractivity contribution >= 4 is 28.6 Å². The number of thioether (sulfide) groups is 1. The number of fused-ring (bicyclic) bond motifs is 1. The van der Waals surface area contributed by atoms with Crippen LogP contribution in [0.1, 0.15) is 29.8 Å². The van der Waals surface area contributed by atoms with Gasteiger partial charge in [-0.1, -0.05) is 18.2 Å². The average molecular weight is 343 g/mol. The Labute approximate surface area is 147 Å². The lowest BCUT2D eigenvalue weighted by Crippen LogP contribution is -2.47. The van der Waals surface area contributed by atoms with Crippen LogP contribution in [0.15, 0.2) is 30.3 Å². The maximum atomic E-state index is 13.2. The maximum Gasteiger partial charge on any atom is 0.270 e. The van der Waals surface area contributed by atoms with E-state index in [9.17, 15) is 4.79 Å². The van der Waals surface area contributed by atoms with E-state index < -0.39 is 0 Å². The summed E-state index contributed by atoms with van der Waals surface area (Å²) in [6.07, 6.45) is 3.69. The van der Waals surface area contributed by atoms with Crippen molar-refractivity contribution in [3.8, 4) is 0 Å². The summed E-state index contributed by atoms with van der Waals surface area (Å²) in [6.45, 7) is 4.28. The first-order valence-corrected chi connectivity index (χ1v) is 10.2. The number of aromatic nitrogens is 1. The monoisotopic (exact) mass is 343 g/mol. The van der Waals surface area contributed by atoms with Gasteiger partial charge in [-0.3, -0.25) is 4.79 Å². The number of benzene rings is 1. The van der Waals surface area contributed by atoms with Crippen LogP contribution in [0.2, 0.25) is 0 Å². The van der Waals surface area contributed by atoms with Gasteiger partial charge < -0.3 is 14.8 Å². The van der Waals surface area contributed by atoms with Gasteiger partial charge in [0.1, 0.15) is 5.69 Å². The molecule has 2 aliphatic heterocycles. The van der Waals surface area contributed by atoms with E-state index in [1.165, 1.54) is 25.9 Å². The Balaban J connectivity index is 1.56. The normalized spacial score (nSPS) is 22.8. The summed E-state index contributed by atoms with van der Waals surface area (Å²) < 4.78 is 0. The third-order valence-corrected chi connectivity index (χ3v) is 6.33. The van der Waals surface area contributed by atoms with E-state index in [1.807, 2.05) is 36.0 Å². The SMILES string of the molecule is O=C(c1cc2ccccc2[nH]1)N1CCCSCC1CN1CCCC1. The second kappa shape index (κ2) is 7.19. The molecule has 1 N–H and O–H groups in total. The molecule has 24 heavy (non-hydrogen) atoms. The summed E-state index contributed by atoms with van der Waals surface area (Å²) in [5.74, 6) is 2.38. The van der Waals surface area contributed by atoms with Crippen molar-refractivity contribution in [2.24, 2.45) is 0 Å². The molecule has 2 aromatic rings. The van der Waals surface area contributed by atoms with Crippen LogP contribution in [-0.2, 0) is 0 Å². The molecular formula is C19H25N3OS. The molecule has 4 rings (SSSR count). The molecule has 0 aliphatic carbocycles. The molecule has 2 aliphatic rings. The highest BCUT2D eigenvalue weighted by atomic mass is 32.2. The van der Waals surface area contributed by atoms with E-state index in [0.29, 0.717) is 6.04 Å². The molecule has 128 valence electrons. The fourth-order valence-electron chi connectivity index (χ4n) is 3.85. The molecule has 0 radical (unpaired) electrons. The number of likely N-dealkylation sites (tertiary alicyclic amines) is 1. The number of hydrogen-bond donors (Lipinski definition) is 1. The zero-order chi connectivity index (χ0) is 16.4. The molecule has 1 aromatic carbocycles. The highest BCUT2D eigenvalue weighted by Crippen LogP contribution is 2.22. The Morgan fingerprint density at radius 3 is 2.83 bits per heavy atom. The number of nitrogens with zero attached hydrogens (tertiary/aromatic N) is 2. The maximum absolute atomic E-state index is 13.2. The number of hydrogen-bond acceptors (Lipinski definition) is 3. The summed E-state index contributed by atoms with van der Waals surface area (Å²) in [4.78, 5) is 21.1. The van der Waals surface area contributed by atoms with Gasteiger partial charge in [-0.25, -0.2) is 0 Å². The largest absolute Gasteiger partial charge is 0.351 e. The molecule has 2 fully saturated rings. The number of carbonyl (C=O) groups excluding carboxylic acids is 1. The molecule has 0 spiro atoms. The van der Waals surface area contributed by atoms with Crippen LogP contribution >= 0.6 is 11.8 Å². The number of aromatic amines is 1. The van der Waals surface area contributed by atoms with Crippen LogP contribution in [-0.4, -0.2) is 64.4 Å². The lowest BCUT2D eigenvalue weighted by atomic mass is 10.2. The predicted molar refractivity (Wildman–Crippen MR) is 101 cm³/mol. The van der Waals surface area contributed by atoms with Crippen LogP contribution in [0.25, 0.3) is 10.9 Å². The van der Waals surface area contributed by atoms with Gasteiger partial charge in [0.25, 0.3) is 5.91 Å². The second-order valence-corrected chi connectivity index (χ2v) is 8.01. The van der Waals surface area contributed by atoms with Crippen LogP contribution in [0.5, 0.6) is 0 Å². The van der Waals surface area contributed by atoms with E-state index in [4.69, 9.17) is 0 Å². The number of amides is 1. The first-order valence-electron chi connectivity index (χ1n) is 9.00. The zero-order valence-electron chi connectivity index (χ0n) is 14.0. The summed E-state index contributed by atoms with van der Waals surface area (Å²) in [6, 6.07) is 10.4. The third kappa shape index (κ3) is 3.33. The van der Waals surface area contributed by atoms with Gasteiger partial charge in [-0.15, -0.1) is 0 Å². The van der Waals surface area contributed by atoms with Gasteiger partial charge in [0, 0.05) is 29.7 Å². The van der Waals surface area contributed by atoms with Crippen LogP contribution in [0.4, 0.5) is 0 Å². The molecule has 0 saturated carbocycles. The van der Waals surface area contributed by atoms with Gasteiger partial charge in [-0.05, 0) is 50.2 Å². The minimum atomic E-state index is 0.165. The minimum Gasteiger partial charge on any atom is -0.351 e. The Morgan fingerprint density at radius 2 is 2.00 bits per heavy atom. The summed E-state index contributed by atoms with van der Waals surface area (Å²) in [5.41, 5.74) is 1.77. The molecule has 1 amide bonds. The van der Waals surface area contributed by atoms with Crippen molar-refractivity contribution < 1.29 is 4.79 Å². The second-order valence-electron chi connectivity index (χ2n) is 6.86. The van der Waals surface area contributed by atoms with E-state index in [1.54, 1.807) is 0 Å². The van der Waals surface area contributed by atoms with Crippen molar-refractivity contribution in [1.82, 2.24) is 14.8 Å². The summed E-state index contributed by atoms with van der Waals surface area (Å²) >= 11 is 2.00. The molecular weight excluding hydrogens is 318 g/mol. The van der Waals surface area contributed by atoms with E-state index in [0.717, 1.165) is 47.6 Å². The van der Waals surface area contributed by atoms with E-state index >= 15 is 0 Å². The minimum absolute atomic E-state index is 0.165. The average Bonchev–Trinajstić information content (AvgIpc) is 3.20. The van der Waals surface area contributed by atoms with Crippen LogP contribution in [0.3, 0.4) is 0 Å². The number of nitrogens with one attached hydrogen (secondary N) is 1. The Morgan fingerprint density at radius 1 is 1.17 bits per heavy atom. The number of rotatable bonds is 3. The molecule has 1 aromatic heterocycles. The topological polar surface area (TPSA) is 39.3 Å². The van der Waals surface area contributed by atoms with E-state index in [-0.39, 0.29) is 5.91 Å². The number of para-hydroxylation sites is 1. The van der Waals surface area contributed by atoms with Gasteiger partial charge in [0.05, 0.1) is 6.04 Å². The third-order valence-electron chi connectivity index (χ3n) is 5.13. The van der Waals surface area contributed by atoms with Gasteiger partial charge >= 0.3 is 0 Å². The Hall–Kier alpha value is -1.46. The van der Waals surface area contributed by atoms with Crippen molar-refractivity contribution in [2.45, 2.75) is 25.3 Å². The van der Waals surface area contributed by atoms with E-state index in [2.05, 4.69) is 20.9 Å². The van der Waals surface area contributed by atoms with Crippen molar-refractivity contribution in [3.63, 3.8) is 0 Å². The highest BCUT2D eigenvalue weighted by Gasteiger charge is 2.29. The fraction of sp³-hybridized carbons (Fsp3) is 0.526. The predicted octanol–water partition coefficient (Wildman–Crippen LogP) is 3.21. The number of H-pyrrole nitrogens is 1. The van der Waals surface area contributed by atoms with Gasteiger partial charge in [0.15, 0.2) is 0 Å². The van der Waals surface area contributed by atoms with Crippen LogP contribution < -0.4 is 0 Å². The molecule has 1 unspecified atom stereocenters. The molecule has 0 bridgehead atoms. The van der Waals surface area contributed by atoms with Gasteiger partial charge in [0.2, 0.25) is 0 Å². The molecule has 5 heteroatoms. The lowest BCUT2D eigenvalue weighted by molar-refractivity contribution is 0.0661. The standard InChI is InChI=1S/C19H25N3OS/c23-19(18-12-15-6-1-2-7-17(15)20-18)22-10-5-11-24-14-16(22)13-21-8-3-4-9-21/h1-2,6-7,12,16,20H,3-5,8-11,13-14H2. The molecule has 2 saturated heterocycles.